The minimum Gasteiger partial charge on any atom is -0.490 e. The fraction of sp³-hybridized carbons (Fsp3) is 0.261. The molecular weight excluding hydrogens is 423 g/mol. The third kappa shape index (κ3) is 6.52. The van der Waals surface area contributed by atoms with Crippen LogP contribution in [0.15, 0.2) is 60.8 Å². The summed E-state index contributed by atoms with van der Waals surface area (Å²) in [5, 5.41) is 4.58. The van der Waals surface area contributed by atoms with Gasteiger partial charge in [0, 0.05) is 47.0 Å². The molecule has 0 saturated heterocycles. The Morgan fingerprint density at radius 1 is 0.867 bits per heavy atom. The number of hydrogen-bond donors (Lipinski definition) is 1. The van der Waals surface area contributed by atoms with Crippen molar-refractivity contribution in [3.8, 4) is 17.4 Å². The predicted octanol–water partition coefficient (Wildman–Crippen LogP) is 5.53. The van der Waals surface area contributed by atoms with Crippen LogP contribution < -0.4 is 19.5 Å². The number of halogens is 2. The number of hydrogen-bond acceptors (Lipinski definition) is 5. The standard InChI is InChI=1S/C23H24Cl2N2O3/c1-2-28-21-13-18(15-26-11-12-29-23-9-5-6-10-27-23)20(25)14-22(21)30-16-17-7-3-4-8-19(17)24/h3-10,13-14,26H,2,11-12,15-16H2,1H3. The van der Waals surface area contributed by atoms with E-state index in [-0.39, 0.29) is 0 Å². The number of aromatic nitrogens is 1. The molecule has 0 aliphatic carbocycles. The quantitative estimate of drug-likeness (QED) is 0.392. The second-order valence-corrected chi connectivity index (χ2v) is 7.21. The van der Waals surface area contributed by atoms with Gasteiger partial charge in [-0.2, -0.15) is 0 Å². The molecule has 3 aromatic rings. The highest BCUT2D eigenvalue weighted by molar-refractivity contribution is 6.31. The topological polar surface area (TPSA) is 52.6 Å². The van der Waals surface area contributed by atoms with E-state index in [2.05, 4.69) is 10.3 Å². The largest absolute Gasteiger partial charge is 0.490 e. The second-order valence-electron chi connectivity index (χ2n) is 6.40. The lowest BCUT2D eigenvalue weighted by molar-refractivity contribution is 0.269. The van der Waals surface area contributed by atoms with Crippen LogP contribution in [0.25, 0.3) is 0 Å². The summed E-state index contributed by atoms with van der Waals surface area (Å²) in [4.78, 5) is 4.13. The molecule has 0 bridgehead atoms. The van der Waals surface area contributed by atoms with Crippen molar-refractivity contribution in [1.82, 2.24) is 10.3 Å². The average Bonchev–Trinajstić information content (AvgIpc) is 2.76. The van der Waals surface area contributed by atoms with E-state index >= 15 is 0 Å². The Hall–Kier alpha value is -2.47. The van der Waals surface area contributed by atoms with E-state index in [4.69, 9.17) is 37.4 Å². The molecule has 7 heteroatoms. The summed E-state index contributed by atoms with van der Waals surface area (Å²) in [6.07, 6.45) is 1.70. The van der Waals surface area contributed by atoms with Gasteiger partial charge in [0.1, 0.15) is 13.2 Å². The van der Waals surface area contributed by atoms with Crippen molar-refractivity contribution < 1.29 is 14.2 Å². The molecule has 30 heavy (non-hydrogen) atoms. The highest BCUT2D eigenvalue weighted by Crippen LogP contribution is 2.34. The fourth-order valence-corrected chi connectivity index (χ4v) is 3.16. The Labute approximate surface area is 186 Å². The summed E-state index contributed by atoms with van der Waals surface area (Å²) in [5.74, 6) is 1.84. The number of rotatable bonds is 11. The van der Waals surface area contributed by atoms with Gasteiger partial charge in [-0.05, 0) is 30.7 Å². The fourth-order valence-electron chi connectivity index (χ4n) is 2.75. The van der Waals surface area contributed by atoms with Crippen molar-refractivity contribution in [3.05, 3.63) is 82.0 Å². The number of nitrogens with one attached hydrogen (secondary N) is 1. The van der Waals surface area contributed by atoms with E-state index in [0.29, 0.717) is 60.3 Å². The van der Waals surface area contributed by atoms with Gasteiger partial charge >= 0.3 is 0 Å². The number of benzene rings is 2. The van der Waals surface area contributed by atoms with Gasteiger partial charge in [0.25, 0.3) is 0 Å². The molecule has 0 saturated carbocycles. The minimum absolute atomic E-state index is 0.332. The maximum absolute atomic E-state index is 6.48. The summed E-state index contributed by atoms with van der Waals surface area (Å²) < 4.78 is 17.3. The van der Waals surface area contributed by atoms with Gasteiger partial charge in [-0.25, -0.2) is 4.98 Å². The van der Waals surface area contributed by atoms with Crippen LogP contribution in [0.3, 0.4) is 0 Å². The first-order chi connectivity index (χ1) is 14.7. The van der Waals surface area contributed by atoms with Gasteiger partial charge in [-0.3, -0.25) is 0 Å². The Morgan fingerprint density at radius 2 is 1.67 bits per heavy atom. The Kier molecular flexibility index (Phi) is 8.63. The molecule has 0 aliphatic heterocycles. The average molecular weight is 447 g/mol. The van der Waals surface area contributed by atoms with Gasteiger partial charge in [0.2, 0.25) is 5.88 Å². The van der Waals surface area contributed by atoms with Crippen molar-refractivity contribution >= 4 is 23.2 Å². The van der Waals surface area contributed by atoms with Crippen LogP contribution in [0.4, 0.5) is 0 Å². The van der Waals surface area contributed by atoms with Crippen LogP contribution >= 0.6 is 23.2 Å². The van der Waals surface area contributed by atoms with E-state index < -0.39 is 0 Å². The molecule has 1 heterocycles. The van der Waals surface area contributed by atoms with Crippen molar-refractivity contribution in [3.63, 3.8) is 0 Å². The highest BCUT2D eigenvalue weighted by Gasteiger charge is 2.12. The molecule has 0 fully saturated rings. The molecule has 1 aromatic heterocycles. The maximum Gasteiger partial charge on any atom is 0.213 e. The van der Waals surface area contributed by atoms with Crippen LogP contribution in [-0.4, -0.2) is 24.7 Å². The first-order valence-corrected chi connectivity index (χ1v) is 10.5. The summed E-state index contributed by atoms with van der Waals surface area (Å²) in [5.41, 5.74) is 1.82. The molecule has 0 amide bonds. The summed E-state index contributed by atoms with van der Waals surface area (Å²) in [6.45, 7) is 4.52. The first kappa shape index (κ1) is 22.2. The predicted molar refractivity (Wildman–Crippen MR) is 120 cm³/mol. The van der Waals surface area contributed by atoms with E-state index in [1.165, 1.54) is 0 Å². The van der Waals surface area contributed by atoms with Crippen LogP contribution in [0.1, 0.15) is 18.1 Å². The summed E-state index contributed by atoms with van der Waals surface area (Å²) >= 11 is 12.7. The van der Waals surface area contributed by atoms with Crippen molar-refractivity contribution in [1.29, 1.82) is 0 Å². The molecule has 2 aromatic carbocycles. The molecule has 0 unspecified atom stereocenters. The lowest BCUT2D eigenvalue weighted by Crippen LogP contribution is -2.21. The lowest BCUT2D eigenvalue weighted by Gasteiger charge is -2.16. The molecule has 3 rings (SSSR count). The summed E-state index contributed by atoms with van der Waals surface area (Å²) in [6, 6.07) is 16.8. The Bertz CT molecular complexity index is 939. The van der Waals surface area contributed by atoms with E-state index in [1.807, 2.05) is 55.5 Å². The molecule has 5 nitrogen and oxygen atoms in total. The van der Waals surface area contributed by atoms with Gasteiger partial charge in [0.05, 0.1) is 6.61 Å². The van der Waals surface area contributed by atoms with Crippen LogP contribution in [0.2, 0.25) is 10.0 Å². The van der Waals surface area contributed by atoms with E-state index in [0.717, 1.165) is 11.1 Å². The zero-order valence-electron chi connectivity index (χ0n) is 16.7. The third-order valence-electron chi connectivity index (χ3n) is 4.24. The molecule has 0 spiro atoms. The zero-order chi connectivity index (χ0) is 21.2. The third-order valence-corrected chi connectivity index (χ3v) is 4.96. The second kappa shape index (κ2) is 11.6. The maximum atomic E-state index is 6.48. The van der Waals surface area contributed by atoms with E-state index in [1.54, 1.807) is 12.3 Å². The molecule has 1 N–H and O–H groups in total. The normalized spacial score (nSPS) is 10.6. The zero-order valence-corrected chi connectivity index (χ0v) is 18.2. The number of pyridine rings is 1. The first-order valence-electron chi connectivity index (χ1n) is 9.73. The number of ether oxygens (including phenoxy) is 3. The van der Waals surface area contributed by atoms with Crippen molar-refractivity contribution in [2.75, 3.05) is 19.8 Å². The van der Waals surface area contributed by atoms with Crippen molar-refractivity contribution in [2.24, 2.45) is 0 Å². The van der Waals surface area contributed by atoms with Gasteiger partial charge < -0.3 is 19.5 Å². The Balaban J connectivity index is 1.57. The smallest absolute Gasteiger partial charge is 0.213 e. The molecule has 0 radical (unpaired) electrons. The molecule has 0 atom stereocenters. The van der Waals surface area contributed by atoms with Crippen molar-refractivity contribution in [2.45, 2.75) is 20.1 Å². The lowest BCUT2D eigenvalue weighted by atomic mass is 10.2. The molecule has 0 aliphatic rings. The van der Waals surface area contributed by atoms with Gasteiger partial charge in [0.15, 0.2) is 11.5 Å². The van der Waals surface area contributed by atoms with Crippen LogP contribution in [0.5, 0.6) is 17.4 Å². The summed E-state index contributed by atoms with van der Waals surface area (Å²) in [7, 11) is 0. The SMILES string of the molecule is CCOc1cc(CNCCOc2ccccn2)c(Cl)cc1OCc1ccccc1Cl. The minimum atomic E-state index is 0.332. The van der Waals surface area contributed by atoms with Gasteiger partial charge in [-0.15, -0.1) is 0 Å². The Morgan fingerprint density at radius 3 is 2.43 bits per heavy atom. The van der Waals surface area contributed by atoms with Crippen LogP contribution in [-0.2, 0) is 13.2 Å². The van der Waals surface area contributed by atoms with Gasteiger partial charge in [-0.1, -0.05) is 47.5 Å². The monoisotopic (exact) mass is 446 g/mol. The highest BCUT2D eigenvalue weighted by atomic mass is 35.5. The van der Waals surface area contributed by atoms with Crippen LogP contribution in [0, 0.1) is 0 Å². The van der Waals surface area contributed by atoms with E-state index in [9.17, 15) is 0 Å². The molecular formula is C23H24Cl2N2O3. The molecule has 158 valence electrons. The number of nitrogens with zero attached hydrogens (tertiary/aromatic N) is 1.